The van der Waals surface area contributed by atoms with Gasteiger partial charge in [0.25, 0.3) is 5.91 Å². The van der Waals surface area contributed by atoms with Gasteiger partial charge in [0, 0.05) is 18.5 Å². The number of nitrogens with two attached hydrogens (primary N) is 1. The number of nitrogens with zero attached hydrogens (tertiary/aromatic N) is 1. The largest absolute Gasteiger partial charge is 0.366 e. The van der Waals surface area contributed by atoms with Crippen molar-refractivity contribution in [1.29, 1.82) is 0 Å². The smallest absolute Gasteiger partial charge is 0.263 e. The maximum atomic E-state index is 12.3. The number of likely N-dealkylation sites (tertiary alicyclic amines) is 1. The van der Waals surface area contributed by atoms with Crippen molar-refractivity contribution in [3.63, 3.8) is 0 Å². The summed E-state index contributed by atoms with van der Waals surface area (Å²) in [4.78, 5) is 25.9. The Morgan fingerprint density at radius 3 is 2.62 bits per heavy atom. The Morgan fingerprint density at radius 1 is 1.43 bits per heavy atom. The van der Waals surface area contributed by atoms with Gasteiger partial charge in [-0.3, -0.25) is 9.59 Å². The summed E-state index contributed by atoms with van der Waals surface area (Å²) in [5.41, 5.74) is 5.63. The lowest BCUT2D eigenvalue weighted by Gasteiger charge is -2.31. The lowest BCUT2D eigenvalue weighted by Crippen LogP contribution is -2.38. The molecule has 0 saturated carbocycles. The predicted octanol–water partition coefficient (Wildman–Crippen LogP) is 1.73. The Kier molecular flexibility index (Phi) is 7.14. The van der Waals surface area contributed by atoms with Gasteiger partial charge in [0.15, 0.2) is 0 Å². The summed E-state index contributed by atoms with van der Waals surface area (Å²) >= 11 is 1.29. The fourth-order valence-electron chi connectivity index (χ4n) is 2.51. The minimum atomic E-state index is -0.480. The first-order chi connectivity index (χ1) is 9.61. The Labute approximate surface area is 135 Å². The monoisotopic (exact) mass is 331 g/mol. The van der Waals surface area contributed by atoms with Crippen molar-refractivity contribution in [2.24, 2.45) is 11.7 Å². The van der Waals surface area contributed by atoms with Crippen molar-refractivity contribution in [2.45, 2.75) is 19.3 Å². The van der Waals surface area contributed by atoms with E-state index in [9.17, 15) is 9.59 Å². The van der Waals surface area contributed by atoms with Gasteiger partial charge in [0.1, 0.15) is 0 Å². The zero-order chi connectivity index (χ0) is 14.5. The van der Waals surface area contributed by atoms with Crippen molar-refractivity contribution >= 4 is 35.6 Å². The van der Waals surface area contributed by atoms with E-state index in [0.29, 0.717) is 16.4 Å². The standard InChI is InChI=1S/C14H21N3O2S.ClH/c1-16-5-2-10-3-6-17(7-4-10)14(19)12-8-11(9-20-12)13(15)18;/h8-10,16H,2-7H2,1H3,(H2,15,18);1H. The van der Waals surface area contributed by atoms with E-state index in [2.05, 4.69) is 5.32 Å². The minimum Gasteiger partial charge on any atom is -0.366 e. The fraction of sp³-hybridized carbons (Fsp3) is 0.571. The number of piperidine rings is 1. The maximum Gasteiger partial charge on any atom is 0.263 e. The summed E-state index contributed by atoms with van der Waals surface area (Å²) < 4.78 is 0. The quantitative estimate of drug-likeness (QED) is 0.862. The van der Waals surface area contributed by atoms with Gasteiger partial charge in [0.05, 0.1) is 10.4 Å². The molecule has 2 amide bonds. The van der Waals surface area contributed by atoms with Gasteiger partial charge in [-0.1, -0.05) is 0 Å². The van der Waals surface area contributed by atoms with Gasteiger partial charge in [0.2, 0.25) is 5.91 Å². The molecule has 0 aromatic carbocycles. The SMILES string of the molecule is CNCCC1CCN(C(=O)c2cc(C(N)=O)cs2)CC1.Cl. The Balaban J connectivity index is 0.00000220. The molecule has 0 atom stereocenters. The first-order valence-electron chi connectivity index (χ1n) is 6.94. The number of halogens is 1. The van der Waals surface area contributed by atoms with Gasteiger partial charge in [-0.2, -0.15) is 0 Å². The van der Waals surface area contributed by atoms with E-state index in [1.54, 1.807) is 11.4 Å². The molecule has 0 bridgehead atoms. The molecule has 1 saturated heterocycles. The number of rotatable bonds is 5. The molecule has 7 heteroatoms. The highest BCUT2D eigenvalue weighted by Gasteiger charge is 2.24. The molecule has 0 unspecified atom stereocenters. The predicted molar refractivity (Wildman–Crippen MR) is 87.3 cm³/mol. The van der Waals surface area contributed by atoms with Crippen LogP contribution in [0.15, 0.2) is 11.4 Å². The molecule has 1 aromatic rings. The number of hydrogen-bond acceptors (Lipinski definition) is 4. The van der Waals surface area contributed by atoms with Crippen molar-refractivity contribution < 1.29 is 9.59 Å². The number of nitrogens with one attached hydrogen (secondary N) is 1. The maximum absolute atomic E-state index is 12.3. The first-order valence-corrected chi connectivity index (χ1v) is 7.82. The van der Waals surface area contributed by atoms with Crippen LogP contribution in [-0.2, 0) is 0 Å². The second-order valence-corrected chi connectivity index (χ2v) is 6.10. The third-order valence-electron chi connectivity index (χ3n) is 3.80. The molecule has 0 spiro atoms. The molecule has 1 aromatic heterocycles. The number of amides is 2. The number of hydrogen-bond donors (Lipinski definition) is 2. The highest BCUT2D eigenvalue weighted by Crippen LogP contribution is 2.23. The van der Waals surface area contributed by atoms with Crippen molar-refractivity contribution in [1.82, 2.24) is 10.2 Å². The Hall–Kier alpha value is -1.11. The van der Waals surface area contributed by atoms with Gasteiger partial charge in [-0.15, -0.1) is 23.7 Å². The van der Waals surface area contributed by atoms with E-state index < -0.39 is 5.91 Å². The molecule has 1 fully saturated rings. The van der Waals surface area contributed by atoms with Crippen LogP contribution in [0.25, 0.3) is 0 Å². The summed E-state index contributed by atoms with van der Waals surface area (Å²) in [6.07, 6.45) is 3.28. The van der Waals surface area contributed by atoms with E-state index in [4.69, 9.17) is 5.73 Å². The van der Waals surface area contributed by atoms with Gasteiger partial charge in [-0.05, 0) is 44.8 Å². The van der Waals surface area contributed by atoms with Crippen LogP contribution >= 0.6 is 23.7 Å². The zero-order valence-corrected chi connectivity index (χ0v) is 13.8. The summed E-state index contributed by atoms with van der Waals surface area (Å²) in [5, 5.41) is 4.81. The average molecular weight is 332 g/mol. The normalized spacial score (nSPS) is 15.6. The van der Waals surface area contributed by atoms with E-state index in [1.165, 1.54) is 17.8 Å². The molecule has 3 N–H and O–H groups in total. The highest BCUT2D eigenvalue weighted by atomic mass is 35.5. The third-order valence-corrected chi connectivity index (χ3v) is 4.72. The van der Waals surface area contributed by atoms with E-state index in [-0.39, 0.29) is 18.3 Å². The van der Waals surface area contributed by atoms with Crippen LogP contribution in [0, 0.1) is 5.92 Å². The van der Waals surface area contributed by atoms with Crippen LogP contribution in [0.2, 0.25) is 0 Å². The Bertz CT molecular complexity index is 484. The topological polar surface area (TPSA) is 75.4 Å². The molecule has 118 valence electrons. The summed E-state index contributed by atoms with van der Waals surface area (Å²) in [6.45, 7) is 2.64. The van der Waals surface area contributed by atoms with Gasteiger partial charge < -0.3 is 16.0 Å². The molecule has 0 radical (unpaired) electrons. The van der Waals surface area contributed by atoms with Gasteiger partial charge >= 0.3 is 0 Å². The molecule has 1 aliphatic heterocycles. The van der Waals surface area contributed by atoms with Crippen LogP contribution < -0.4 is 11.1 Å². The van der Waals surface area contributed by atoms with Crippen LogP contribution in [0.1, 0.15) is 39.3 Å². The molecule has 1 aliphatic rings. The molecule has 2 heterocycles. The van der Waals surface area contributed by atoms with Crippen LogP contribution in [-0.4, -0.2) is 43.4 Å². The Morgan fingerprint density at radius 2 is 2.10 bits per heavy atom. The van der Waals surface area contributed by atoms with Crippen molar-refractivity contribution in [3.8, 4) is 0 Å². The van der Waals surface area contributed by atoms with Crippen molar-refractivity contribution in [2.75, 3.05) is 26.7 Å². The highest BCUT2D eigenvalue weighted by molar-refractivity contribution is 7.12. The lowest BCUT2D eigenvalue weighted by molar-refractivity contribution is 0.0692. The van der Waals surface area contributed by atoms with E-state index in [1.807, 2.05) is 11.9 Å². The second-order valence-electron chi connectivity index (χ2n) is 5.19. The molecule has 21 heavy (non-hydrogen) atoms. The summed E-state index contributed by atoms with van der Waals surface area (Å²) in [7, 11) is 1.96. The fourth-order valence-corrected chi connectivity index (χ4v) is 3.37. The second kappa shape index (κ2) is 8.36. The number of thiophene rings is 1. The van der Waals surface area contributed by atoms with Crippen LogP contribution in [0.5, 0.6) is 0 Å². The average Bonchev–Trinajstić information content (AvgIpc) is 2.95. The number of carbonyl (C=O) groups excluding carboxylic acids is 2. The molecule has 5 nitrogen and oxygen atoms in total. The number of primary amides is 1. The van der Waals surface area contributed by atoms with Crippen LogP contribution in [0.4, 0.5) is 0 Å². The minimum absolute atomic E-state index is 0. The molecular weight excluding hydrogens is 310 g/mol. The van der Waals surface area contributed by atoms with Gasteiger partial charge in [-0.25, -0.2) is 0 Å². The summed E-state index contributed by atoms with van der Waals surface area (Å²) in [6, 6.07) is 1.60. The van der Waals surface area contributed by atoms with Crippen molar-refractivity contribution in [3.05, 3.63) is 21.9 Å². The number of carbonyl (C=O) groups is 2. The van der Waals surface area contributed by atoms with E-state index in [0.717, 1.165) is 32.5 Å². The first kappa shape index (κ1) is 17.9. The lowest BCUT2D eigenvalue weighted by atomic mass is 9.93. The van der Waals surface area contributed by atoms with Crippen LogP contribution in [0.3, 0.4) is 0 Å². The molecule has 0 aliphatic carbocycles. The zero-order valence-electron chi connectivity index (χ0n) is 12.1. The third kappa shape index (κ3) is 4.69. The molecular formula is C14H22ClN3O2S. The summed E-state index contributed by atoms with van der Waals surface area (Å²) in [5.74, 6) is 0.247. The molecule has 2 rings (SSSR count). The van der Waals surface area contributed by atoms with E-state index >= 15 is 0 Å².